The van der Waals surface area contributed by atoms with Crippen LogP contribution in [0.1, 0.15) is 50.2 Å². The number of aromatic nitrogens is 2. The van der Waals surface area contributed by atoms with Crippen LogP contribution in [0.3, 0.4) is 0 Å². The predicted octanol–water partition coefficient (Wildman–Crippen LogP) is 2.92. The molecule has 3 heterocycles. The maximum Gasteiger partial charge on any atom is 0.339 e. The van der Waals surface area contributed by atoms with Gasteiger partial charge in [-0.25, -0.2) is 14.6 Å². The average molecular weight is 499 g/mol. The molecule has 2 aromatic rings. The molecule has 0 radical (unpaired) electrons. The van der Waals surface area contributed by atoms with Gasteiger partial charge >= 0.3 is 11.9 Å². The number of nitrogens with one attached hydrogen (secondary N) is 2. The number of aryl methyl sites for hydroxylation is 1. The van der Waals surface area contributed by atoms with Gasteiger partial charge in [-0.15, -0.1) is 0 Å². The molecule has 1 fully saturated rings. The molecule has 1 saturated heterocycles. The van der Waals surface area contributed by atoms with Crippen LogP contribution in [0.4, 0.5) is 5.82 Å². The minimum absolute atomic E-state index is 0.0765. The van der Waals surface area contributed by atoms with Gasteiger partial charge in [-0.1, -0.05) is 23.2 Å². The smallest absolute Gasteiger partial charge is 0.339 e. The van der Waals surface area contributed by atoms with Gasteiger partial charge in [-0.3, -0.25) is 4.79 Å². The van der Waals surface area contributed by atoms with Crippen molar-refractivity contribution in [3.8, 4) is 0 Å². The number of H-pyrrole nitrogens is 1. The fourth-order valence-electron chi connectivity index (χ4n) is 3.66. The van der Waals surface area contributed by atoms with Gasteiger partial charge in [0.1, 0.15) is 11.5 Å². The SMILES string of the molecule is CCOC(=O)c1cc(N2CCC(NC(=O)c3[nH]c(C)c(Cl)c3Cl)C(OC)C2)ncc1C(=O)O. The number of hydrogen-bond donors (Lipinski definition) is 3. The van der Waals surface area contributed by atoms with Crippen LogP contribution in [0.15, 0.2) is 12.3 Å². The van der Waals surface area contributed by atoms with Crippen molar-refractivity contribution in [3.63, 3.8) is 0 Å². The summed E-state index contributed by atoms with van der Waals surface area (Å²) < 4.78 is 10.6. The van der Waals surface area contributed by atoms with Crippen molar-refractivity contribution in [1.29, 1.82) is 0 Å². The van der Waals surface area contributed by atoms with Gasteiger partial charge in [0.15, 0.2) is 0 Å². The fraction of sp³-hybridized carbons (Fsp3) is 0.429. The number of carbonyl (C=O) groups is 3. The number of anilines is 1. The molecular formula is C21H24Cl2N4O6. The zero-order valence-corrected chi connectivity index (χ0v) is 19.8. The summed E-state index contributed by atoms with van der Waals surface area (Å²) >= 11 is 12.2. The van der Waals surface area contributed by atoms with Crippen LogP contribution in [0.2, 0.25) is 10.0 Å². The van der Waals surface area contributed by atoms with Gasteiger partial charge in [0, 0.05) is 32.1 Å². The van der Waals surface area contributed by atoms with Crippen molar-refractivity contribution in [2.24, 2.45) is 0 Å². The van der Waals surface area contributed by atoms with E-state index in [1.54, 1.807) is 13.8 Å². The lowest BCUT2D eigenvalue weighted by atomic mass is 10.0. The van der Waals surface area contributed by atoms with Gasteiger partial charge in [0.05, 0.1) is 39.9 Å². The molecule has 2 atom stereocenters. The monoisotopic (exact) mass is 498 g/mol. The van der Waals surface area contributed by atoms with E-state index in [2.05, 4.69) is 15.3 Å². The number of aromatic carboxylic acids is 1. The van der Waals surface area contributed by atoms with Crippen LogP contribution in [0.5, 0.6) is 0 Å². The van der Waals surface area contributed by atoms with Crippen molar-refractivity contribution in [2.75, 3.05) is 31.7 Å². The summed E-state index contributed by atoms with van der Waals surface area (Å²) in [7, 11) is 1.53. The van der Waals surface area contributed by atoms with Crippen molar-refractivity contribution < 1.29 is 29.0 Å². The number of carboxylic acids is 1. The first-order valence-corrected chi connectivity index (χ1v) is 11.0. The van der Waals surface area contributed by atoms with Gasteiger partial charge in [-0.2, -0.15) is 0 Å². The number of amides is 1. The molecular weight excluding hydrogens is 475 g/mol. The third kappa shape index (κ3) is 5.23. The maximum absolute atomic E-state index is 12.7. The Labute approximate surface area is 200 Å². The summed E-state index contributed by atoms with van der Waals surface area (Å²) in [6, 6.07) is 1.08. The number of nitrogens with zero attached hydrogens (tertiary/aromatic N) is 2. The summed E-state index contributed by atoms with van der Waals surface area (Å²) in [6.45, 7) is 4.29. The van der Waals surface area contributed by atoms with Crippen molar-refractivity contribution in [2.45, 2.75) is 32.4 Å². The number of esters is 1. The van der Waals surface area contributed by atoms with Crippen LogP contribution in [-0.4, -0.2) is 71.9 Å². The zero-order chi connectivity index (χ0) is 24.3. The average Bonchev–Trinajstić information content (AvgIpc) is 3.06. The molecule has 10 nitrogen and oxygen atoms in total. The molecule has 0 saturated carbocycles. The normalized spacial score (nSPS) is 18.2. The topological polar surface area (TPSA) is 134 Å². The number of hydrogen-bond acceptors (Lipinski definition) is 7. The number of ether oxygens (including phenoxy) is 2. The Morgan fingerprint density at radius 2 is 2.03 bits per heavy atom. The Balaban J connectivity index is 1.77. The maximum atomic E-state index is 12.7. The van der Waals surface area contributed by atoms with E-state index in [9.17, 15) is 19.5 Å². The Hall–Kier alpha value is -2.82. The first-order valence-electron chi connectivity index (χ1n) is 10.2. The minimum Gasteiger partial charge on any atom is -0.478 e. The number of carboxylic acid groups (broad SMARTS) is 1. The van der Waals surface area contributed by atoms with E-state index >= 15 is 0 Å². The highest BCUT2D eigenvalue weighted by atomic mass is 35.5. The molecule has 0 bridgehead atoms. The van der Waals surface area contributed by atoms with Crippen LogP contribution >= 0.6 is 23.2 Å². The summed E-state index contributed by atoms with van der Waals surface area (Å²) in [4.78, 5) is 45.4. The number of carbonyl (C=O) groups excluding carboxylic acids is 2. The largest absolute Gasteiger partial charge is 0.478 e. The van der Waals surface area contributed by atoms with Crippen molar-refractivity contribution >= 4 is 46.9 Å². The Morgan fingerprint density at radius 1 is 1.30 bits per heavy atom. The van der Waals surface area contributed by atoms with Crippen LogP contribution in [-0.2, 0) is 9.47 Å². The lowest BCUT2D eigenvalue weighted by Crippen LogP contribution is -2.55. The van der Waals surface area contributed by atoms with E-state index in [1.165, 1.54) is 13.2 Å². The van der Waals surface area contributed by atoms with E-state index < -0.39 is 23.9 Å². The van der Waals surface area contributed by atoms with Gasteiger partial charge < -0.3 is 29.8 Å². The minimum atomic E-state index is -1.27. The predicted molar refractivity (Wildman–Crippen MR) is 122 cm³/mol. The van der Waals surface area contributed by atoms with E-state index in [1.807, 2.05) is 4.90 Å². The summed E-state index contributed by atoms with van der Waals surface area (Å²) in [6.07, 6.45) is 1.24. The van der Waals surface area contributed by atoms with Crippen LogP contribution < -0.4 is 10.2 Å². The molecule has 33 heavy (non-hydrogen) atoms. The number of aromatic amines is 1. The lowest BCUT2D eigenvalue weighted by molar-refractivity contribution is 0.0512. The van der Waals surface area contributed by atoms with Crippen molar-refractivity contribution in [3.05, 3.63) is 44.8 Å². The van der Waals surface area contributed by atoms with Gasteiger partial charge in [-0.05, 0) is 26.3 Å². The molecule has 0 aliphatic carbocycles. The molecule has 1 aliphatic rings. The molecule has 0 aromatic carbocycles. The van der Waals surface area contributed by atoms with E-state index in [4.69, 9.17) is 32.7 Å². The van der Waals surface area contributed by atoms with Crippen LogP contribution in [0, 0.1) is 6.92 Å². The van der Waals surface area contributed by atoms with Crippen LogP contribution in [0.25, 0.3) is 0 Å². The van der Waals surface area contributed by atoms with Gasteiger partial charge in [0.2, 0.25) is 0 Å². The molecule has 12 heteroatoms. The molecule has 2 unspecified atom stereocenters. The highest BCUT2D eigenvalue weighted by Crippen LogP contribution is 2.29. The molecule has 3 rings (SSSR count). The second-order valence-electron chi connectivity index (χ2n) is 7.46. The highest BCUT2D eigenvalue weighted by Gasteiger charge is 2.33. The zero-order valence-electron chi connectivity index (χ0n) is 18.3. The standard InChI is InChI=1S/C21H24Cl2N4O6/c1-4-33-21(31)11-7-15(24-8-12(11)20(29)30)27-6-5-13(14(9-27)32-3)26-19(28)18-17(23)16(22)10(2)25-18/h7-8,13-14,25H,4-6,9H2,1-3H3,(H,26,28)(H,29,30). The first-order chi connectivity index (χ1) is 15.7. The Kier molecular flexibility index (Phi) is 7.83. The molecule has 0 spiro atoms. The number of methoxy groups -OCH3 is 1. The highest BCUT2D eigenvalue weighted by molar-refractivity contribution is 6.44. The first kappa shape index (κ1) is 24.8. The number of halogens is 2. The molecule has 2 aromatic heterocycles. The molecule has 1 amide bonds. The number of piperidine rings is 1. The second-order valence-corrected chi connectivity index (χ2v) is 8.21. The number of pyridine rings is 1. The second kappa shape index (κ2) is 10.4. The van der Waals surface area contributed by atoms with Gasteiger partial charge in [0.25, 0.3) is 5.91 Å². The Bertz CT molecular complexity index is 1070. The molecule has 178 valence electrons. The summed E-state index contributed by atoms with van der Waals surface area (Å²) in [5.74, 6) is -2.00. The molecule has 1 aliphatic heterocycles. The van der Waals surface area contributed by atoms with Crippen molar-refractivity contribution in [1.82, 2.24) is 15.3 Å². The fourth-order valence-corrected chi connectivity index (χ4v) is 4.08. The summed E-state index contributed by atoms with van der Waals surface area (Å²) in [5, 5.41) is 12.8. The lowest BCUT2D eigenvalue weighted by Gasteiger charge is -2.38. The van der Waals surface area contributed by atoms with E-state index in [0.717, 1.165) is 6.20 Å². The third-order valence-corrected chi connectivity index (χ3v) is 6.35. The summed E-state index contributed by atoms with van der Waals surface area (Å²) in [5.41, 5.74) is 0.464. The third-order valence-electron chi connectivity index (χ3n) is 5.40. The molecule has 3 N–H and O–H groups in total. The number of rotatable bonds is 7. The Morgan fingerprint density at radius 3 is 2.61 bits per heavy atom. The van der Waals surface area contributed by atoms with E-state index in [0.29, 0.717) is 36.0 Å². The van der Waals surface area contributed by atoms with E-state index in [-0.39, 0.29) is 34.5 Å². The quantitative estimate of drug-likeness (QED) is 0.496.